The van der Waals surface area contributed by atoms with Crippen molar-refractivity contribution < 1.29 is 9.90 Å². The van der Waals surface area contributed by atoms with Crippen LogP contribution >= 0.6 is 0 Å². The van der Waals surface area contributed by atoms with Gasteiger partial charge in [0.2, 0.25) is 5.91 Å². The molecule has 1 atom stereocenters. The van der Waals surface area contributed by atoms with Crippen LogP contribution in [0.1, 0.15) is 41.0 Å². The maximum atomic E-state index is 11.5. The second-order valence-electron chi connectivity index (χ2n) is 5.09. The lowest BCUT2D eigenvalue weighted by Gasteiger charge is -2.31. The van der Waals surface area contributed by atoms with Gasteiger partial charge >= 0.3 is 0 Å². The monoisotopic (exact) mass is 201 g/mol. The minimum Gasteiger partial charge on any atom is -0.396 e. The molecule has 0 aliphatic rings. The Morgan fingerprint density at radius 1 is 1.36 bits per heavy atom. The molecule has 0 saturated carbocycles. The summed E-state index contributed by atoms with van der Waals surface area (Å²) >= 11 is 0. The van der Waals surface area contributed by atoms with Gasteiger partial charge in [-0.2, -0.15) is 0 Å². The Morgan fingerprint density at radius 3 is 2.14 bits per heavy atom. The molecule has 0 fully saturated rings. The molecule has 0 heterocycles. The van der Waals surface area contributed by atoms with Gasteiger partial charge in [0.25, 0.3) is 0 Å². The van der Waals surface area contributed by atoms with Crippen molar-refractivity contribution in [3.63, 3.8) is 0 Å². The minimum absolute atomic E-state index is 0.00135. The Labute approximate surface area is 86.9 Å². The number of carbonyl (C=O) groups excluding carboxylic acids is 1. The van der Waals surface area contributed by atoms with Crippen molar-refractivity contribution in [2.75, 3.05) is 6.61 Å². The lowest BCUT2D eigenvalue weighted by Crippen LogP contribution is -2.45. The Kier molecular flexibility index (Phi) is 5.13. The summed E-state index contributed by atoms with van der Waals surface area (Å²) in [4.78, 5) is 11.5. The molecule has 0 bridgehead atoms. The minimum atomic E-state index is -0.00667. The molecule has 0 aliphatic carbocycles. The third-order valence-electron chi connectivity index (χ3n) is 2.30. The first kappa shape index (κ1) is 13.4. The summed E-state index contributed by atoms with van der Waals surface area (Å²) in [5, 5.41) is 11.9. The standard InChI is InChI=1S/C11H23NO2/c1-8(2)10(14)12-9(6-7-13)11(3,4)5/h8-9,13H,6-7H2,1-5H3,(H,12,14). The van der Waals surface area contributed by atoms with Gasteiger partial charge in [0.05, 0.1) is 0 Å². The Bertz CT molecular complexity index is 182. The van der Waals surface area contributed by atoms with Gasteiger partial charge in [0.1, 0.15) is 0 Å². The summed E-state index contributed by atoms with van der Waals surface area (Å²) in [7, 11) is 0. The summed E-state index contributed by atoms with van der Waals surface area (Å²) in [6.07, 6.45) is 0.613. The van der Waals surface area contributed by atoms with Crippen LogP contribution in [0.4, 0.5) is 0 Å². The summed E-state index contributed by atoms with van der Waals surface area (Å²) in [6, 6.07) is 0.0439. The summed E-state index contributed by atoms with van der Waals surface area (Å²) in [5.74, 6) is 0.0527. The fourth-order valence-electron chi connectivity index (χ4n) is 1.19. The molecule has 1 amide bonds. The maximum absolute atomic E-state index is 11.5. The first-order chi connectivity index (χ1) is 6.29. The van der Waals surface area contributed by atoms with Crippen molar-refractivity contribution in [2.24, 2.45) is 11.3 Å². The van der Waals surface area contributed by atoms with Crippen molar-refractivity contribution in [3.05, 3.63) is 0 Å². The highest BCUT2D eigenvalue weighted by Crippen LogP contribution is 2.21. The summed E-state index contributed by atoms with van der Waals surface area (Å²) < 4.78 is 0. The van der Waals surface area contributed by atoms with Crippen LogP contribution in [0.2, 0.25) is 0 Å². The average Bonchev–Trinajstić information content (AvgIpc) is 2.01. The van der Waals surface area contributed by atoms with Gasteiger partial charge in [-0.25, -0.2) is 0 Å². The third-order valence-corrected chi connectivity index (χ3v) is 2.30. The van der Waals surface area contributed by atoms with E-state index >= 15 is 0 Å². The zero-order chi connectivity index (χ0) is 11.4. The summed E-state index contributed by atoms with van der Waals surface area (Å²) in [5.41, 5.74) is -0.00667. The summed E-state index contributed by atoms with van der Waals surface area (Å²) in [6.45, 7) is 10.0. The number of hydrogen-bond donors (Lipinski definition) is 2. The maximum Gasteiger partial charge on any atom is 0.222 e. The lowest BCUT2D eigenvalue weighted by molar-refractivity contribution is -0.125. The van der Waals surface area contributed by atoms with E-state index in [0.29, 0.717) is 6.42 Å². The fourth-order valence-corrected chi connectivity index (χ4v) is 1.19. The molecular formula is C11H23NO2. The van der Waals surface area contributed by atoms with E-state index in [9.17, 15) is 4.79 Å². The van der Waals surface area contributed by atoms with E-state index in [0.717, 1.165) is 0 Å². The van der Waals surface area contributed by atoms with E-state index in [-0.39, 0.29) is 29.9 Å². The predicted molar refractivity (Wildman–Crippen MR) is 57.9 cm³/mol. The SMILES string of the molecule is CC(C)C(=O)NC(CCO)C(C)(C)C. The van der Waals surface area contributed by atoms with E-state index < -0.39 is 0 Å². The van der Waals surface area contributed by atoms with Crippen LogP contribution in [-0.4, -0.2) is 23.7 Å². The van der Waals surface area contributed by atoms with Crippen molar-refractivity contribution in [3.8, 4) is 0 Å². The molecule has 0 aromatic heterocycles. The second-order valence-corrected chi connectivity index (χ2v) is 5.09. The van der Waals surface area contributed by atoms with Crippen molar-refractivity contribution in [1.82, 2.24) is 5.32 Å². The predicted octanol–water partition coefficient (Wildman–Crippen LogP) is 1.56. The molecule has 0 aromatic rings. The molecule has 0 saturated heterocycles. The zero-order valence-electron chi connectivity index (χ0n) is 9.92. The van der Waals surface area contributed by atoms with Gasteiger partial charge < -0.3 is 10.4 Å². The smallest absolute Gasteiger partial charge is 0.222 e. The van der Waals surface area contributed by atoms with Crippen molar-refractivity contribution >= 4 is 5.91 Å². The van der Waals surface area contributed by atoms with Gasteiger partial charge in [-0.05, 0) is 11.8 Å². The molecule has 14 heavy (non-hydrogen) atoms. The number of rotatable bonds is 4. The molecular weight excluding hydrogens is 178 g/mol. The molecule has 3 heteroatoms. The molecule has 84 valence electrons. The van der Waals surface area contributed by atoms with Gasteiger partial charge in [-0.3, -0.25) is 4.79 Å². The topological polar surface area (TPSA) is 49.3 Å². The Balaban J connectivity index is 4.31. The lowest BCUT2D eigenvalue weighted by atomic mass is 9.84. The van der Waals surface area contributed by atoms with Crippen molar-refractivity contribution in [2.45, 2.75) is 47.1 Å². The van der Waals surface area contributed by atoms with Crippen LogP contribution in [-0.2, 0) is 4.79 Å². The van der Waals surface area contributed by atoms with E-state index in [4.69, 9.17) is 5.11 Å². The van der Waals surface area contributed by atoms with E-state index in [2.05, 4.69) is 26.1 Å². The number of aliphatic hydroxyl groups excluding tert-OH is 1. The van der Waals surface area contributed by atoms with E-state index in [1.807, 2.05) is 13.8 Å². The third kappa shape index (κ3) is 4.61. The zero-order valence-corrected chi connectivity index (χ0v) is 9.92. The van der Waals surface area contributed by atoms with Gasteiger partial charge in [0.15, 0.2) is 0 Å². The number of nitrogens with one attached hydrogen (secondary N) is 1. The first-order valence-electron chi connectivity index (χ1n) is 5.20. The van der Waals surface area contributed by atoms with Gasteiger partial charge in [0, 0.05) is 18.6 Å². The largest absolute Gasteiger partial charge is 0.396 e. The van der Waals surface area contributed by atoms with Gasteiger partial charge in [-0.1, -0.05) is 34.6 Å². The number of aliphatic hydroxyl groups is 1. The molecule has 0 spiro atoms. The van der Waals surface area contributed by atoms with E-state index in [1.54, 1.807) is 0 Å². The van der Waals surface area contributed by atoms with Crippen LogP contribution in [0.25, 0.3) is 0 Å². The fraction of sp³-hybridized carbons (Fsp3) is 0.909. The van der Waals surface area contributed by atoms with Crippen LogP contribution in [0, 0.1) is 11.3 Å². The molecule has 1 unspecified atom stereocenters. The Morgan fingerprint density at radius 2 is 1.86 bits per heavy atom. The molecule has 0 rings (SSSR count). The van der Waals surface area contributed by atoms with Crippen LogP contribution in [0.15, 0.2) is 0 Å². The normalized spacial score (nSPS) is 14.2. The molecule has 0 aliphatic heterocycles. The highest BCUT2D eigenvalue weighted by Gasteiger charge is 2.26. The molecule has 2 N–H and O–H groups in total. The van der Waals surface area contributed by atoms with Crippen LogP contribution in [0.3, 0.4) is 0 Å². The van der Waals surface area contributed by atoms with Crippen LogP contribution in [0.5, 0.6) is 0 Å². The van der Waals surface area contributed by atoms with E-state index in [1.165, 1.54) is 0 Å². The quantitative estimate of drug-likeness (QED) is 0.725. The van der Waals surface area contributed by atoms with Crippen LogP contribution < -0.4 is 5.32 Å². The number of carbonyl (C=O) groups is 1. The molecule has 0 radical (unpaired) electrons. The highest BCUT2D eigenvalue weighted by molar-refractivity contribution is 5.78. The molecule has 3 nitrogen and oxygen atoms in total. The first-order valence-corrected chi connectivity index (χ1v) is 5.20. The van der Waals surface area contributed by atoms with Crippen molar-refractivity contribution in [1.29, 1.82) is 0 Å². The number of hydrogen-bond acceptors (Lipinski definition) is 2. The Hall–Kier alpha value is -0.570. The van der Waals surface area contributed by atoms with Gasteiger partial charge in [-0.15, -0.1) is 0 Å². The number of amides is 1. The average molecular weight is 201 g/mol. The second kappa shape index (κ2) is 5.35. The highest BCUT2D eigenvalue weighted by atomic mass is 16.3. The molecule has 0 aromatic carbocycles.